The average Bonchev–Trinajstić information content (AvgIpc) is 2.86. The minimum atomic E-state index is -0.664. The number of ether oxygens (including phenoxy) is 1. The number of anilines is 2. The second kappa shape index (κ2) is 13.7. The molecular formula is C27H41N5O3. The zero-order valence-corrected chi connectivity index (χ0v) is 21.8. The molecule has 8 heteroatoms. The van der Waals surface area contributed by atoms with Crippen molar-refractivity contribution in [3.8, 4) is 5.75 Å². The van der Waals surface area contributed by atoms with Crippen molar-refractivity contribution in [3.05, 3.63) is 48.7 Å². The number of hydrogen-bond acceptors (Lipinski definition) is 6. The Kier molecular flexibility index (Phi) is 11.0. The predicted molar refractivity (Wildman–Crippen MR) is 141 cm³/mol. The van der Waals surface area contributed by atoms with Gasteiger partial charge in [0.1, 0.15) is 17.6 Å². The lowest BCUT2D eigenvalue weighted by Gasteiger charge is -2.30. The standard InChI is InChI=1S/C27H41N5O3/c1-7-19(4)26(27(34)32(5)24-10-8-9-15-29-24)31-25(33)17-23(22(28)16-18(2)3)30-20-11-13-21(35-6)14-12-20/h8-15,18-19,22-23,26,30H,7,16-17,28H2,1-6H3,(H,31,33)/t19-,22-,23-,26-/m0/s1. The Balaban J connectivity index is 2.17. The maximum absolute atomic E-state index is 13.3. The zero-order chi connectivity index (χ0) is 26.0. The number of nitrogens with two attached hydrogens (primary N) is 1. The topological polar surface area (TPSA) is 110 Å². The van der Waals surface area contributed by atoms with Crippen LogP contribution in [0.1, 0.15) is 47.0 Å². The Labute approximate surface area is 209 Å². The monoisotopic (exact) mass is 483 g/mol. The summed E-state index contributed by atoms with van der Waals surface area (Å²) in [5.41, 5.74) is 7.38. The van der Waals surface area contributed by atoms with E-state index < -0.39 is 6.04 Å². The summed E-state index contributed by atoms with van der Waals surface area (Å²) < 4.78 is 5.23. The van der Waals surface area contributed by atoms with E-state index in [9.17, 15) is 9.59 Å². The van der Waals surface area contributed by atoms with Crippen LogP contribution in [0, 0.1) is 11.8 Å². The smallest absolute Gasteiger partial charge is 0.250 e. The van der Waals surface area contributed by atoms with Crippen molar-refractivity contribution in [2.24, 2.45) is 17.6 Å². The van der Waals surface area contributed by atoms with Gasteiger partial charge in [-0.15, -0.1) is 0 Å². The molecular weight excluding hydrogens is 442 g/mol. The van der Waals surface area contributed by atoms with Crippen LogP contribution in [0.2, 0.25) is 0 Å². The third kappa shape index (κ3) is 8.55. The minimum absolute atomic E-state index is 0.0463. The number of carbonyl (C=O) groups is 2. The van der Waals surface area contributed by atoms with Gasteiger partial charge in [0.2, 0.25) is 5.91 Å². The lowest BCUT2D eigenvalue weighted by Crippen LogP contribution is -2.53. The van der Waals surface area contributed by atoms with E-state index in [0.29, 0.717) is 11.7 Å². The quantitative estimate of drug-likeness (QED) is 0.399. The van der Waals surface area contributed by atoms with Crippen LogP contribution >= 0.6 is 0 Å². The van der Waals surface area contributed by atoms with Gasteiger partial charge in [-0.25, -0.2) is 4.98 Å². The Bertz CT molecular complexity index is 920. The van der Waals surface area contributed by atoms with Crippen LogP contribution in [0.15, 0.2) is 48.7 Å². The lowest BCUT2D eigenvalue weighted by molar-refractivity contribution is -0.128. The van der Waals surface area contributed by atoms with Crippen LogP contribution in [0.25, 0.3) is 0 Å². The average molecular weight is 484 g/mol. The molecule has 2 amide bonds. The molecule has 1 aromatic carbocycles. The molecule has 0 bridgehead atoms. The molecule has 4 N–H and O–H groups in total. The second-order valence-electron chi connectivity index (χ2n) is 9.49. The number of likely N-dealkylation sites (N-methyl/N-ethyl adjacent to an activating group) is 1. The van der Waals surface area contributed by atoms with E-state index in [0.717, 1.165) is 24.3 Å². The molecule has 35 heavy (non-hydrogen) atoms. The number of nitrogens with zero attached hydrogens (tertiary/aromatic N) is 2. The van der Waals surface area contributed by atoms with Crippen molar-refractivity contribution < 1.29 is 14.3 Å². The molecule has 8 nitrogen and oxygen atoms in total. The van der Waals surface area contributed by atoms with Gasteiger partial charge in [-0.2, -0.15) is 0 Å². The van der Waals surface area contributed by atoms with Gasteiger partial charge in [0.25, 0.3) is 5.91 Å². The van der Waals surface area contributed by atoms with Gasteiger partial charge < -0.3 is 21.1 Å². The number of rotatable bonds is 13. The molecule has 0 saturated heterocycles. The van der Waals surface area contributed by atoms with Crippen molar-refractivity contribution in [3.63, 3.8) is 0 Å². The summed E-state index contributed by atoms with van der Waals surface area (Å²) in [5, 5.41) is 6.40. The van der Waals surface area contributed by atoms with Crippen molar-refractivity contribution in [1.82, 2.24) is 10.3 Å². The molecule has 1 aromatic heterocycles. The molecule has 0 radical (unpaired) electrons. The summed E-state index contributed by atoms with van der Waals surface area (Å²) in [7, 11) is 3.30. The summed E-state index contributed by atoms with van der Waals surface area (Å²) in [6, 6.07) is 11.7. The fourth-order valence-electron chi connectivity index (χ4n) is 3.91. The highest BCUT2D eigenvalue weighted by Gasteiger charge is 2.31. The molecule has 0 aliphatic carbocycles. The van der Waals surface area contributed by atoms with Gasteiger partial charge in [-0.1, -0.05) is 40.2 Å². The molecule has 1 heterocycles. The normalized spacial score (nSPS) is 14.5. The van der Waals surface area contributed by atoms with Crippen LogP contribution in [-0.4, -0.2) is 49.1 Å². The van der Waals surface area contributed by atoms with Crippen molar-refractivity contribution in [1.29, 1.82) is 0 Å². The minimum Gasteiger partial charge on any atom is -0.497 e. The van der Waals surface area contributed by atoms with Crippen LogP contribution < -0.4 is 26.0 Å². The Morgan fingerprint density at radius 3 is 2.34 bits per heavy atom. The number of benzene rings is 1. The number of nitrogens with one attached hydrogen (secondary N) is 2. The maximum Gasteiger partial charge on any atom is 0.250 e. The van der Waals surface area contributed by atoms with Crippen LogP contribution in [0.3, 0.4) is 0 Å². The summed E-state index contributed by atoms with van der Waals surface area (Å²) in [4.78, 5) is 32.3. The third-order valence-electron chi connectivity index (χ3n) is 6.23. The molecule has 2 rings (SSSR count). The van der Waals surface area contributed by atoms with Crippen LogP contribution in [-0.2, 0) is 9.59 Å². The van der Waals surface area contributed by atoms with Crippen molar-refractivity contribution in [2.75, 3.05) is 24.4 Å². The van der Waals surface area contributed by atoms with E-state index in [4.69, 9.17) is 10.5 Å². The molecule has 2 aromatic rings. The number of hydrogen-bond donors (Lipinski definition) is 3. The fraction of sp³-hybridized carbons (Fsp3) is 0.519. The molecule has 0 saturated carbocycles. The largest absolute Gasteiger partial charge is 0.497 e. The Morgan fingerprint density at radius 1 is 1.11 bits per heavy atom. The summed E-state index contributed by atoms with van der Waals surface area (Å²) >= 11 is 0. The SMILES string of the molecule is CC[C@H](C)[C@H](NC(=O)C[C@H](Nc1ccc(OC)cc1)[C@@H](N)CC(C)C)C(=O)N(C)c1ccccn1. The Hall–Kier alpha value is -3.13. The predicted octanol–water partition coefficient (Wildman–Crippen LogP) is 3.83. The van der Waals surface area contributed by atoms with E-state index in [1.165, 1.54) is 4.90 Å². The van der Waals surface area contributed by atoms with Gasteiger partial charge in [0, 0.05) is 37.4 Å². The van der Waals surface area contributed by atoms with Gasteiger partial charge >= 0.3 is 0 Å². The van der Waals surface area contributed by atoms with Crippen LogP contribution in [0.4, 0.5) is 11.5 Å². The number of pyridine rings is 1. The molecule has 0 spiro atoms. The maximum atomic E-state index is 13.3. The van der Waals surface area contributed by atoms with E-state index in [2.05, 4.69) is 29.5 Å². The van der Waals surface area contributed by atoms with Gasteiger partial charge in [-0.3, -0.25) is 14.5 Å². The first-order chi connectivity index (χ1) is 16.7. The number of amides is 2. The fourth-order valence-corrected chi connectivity index (χ4v) is 3.91. The van der Waals surface area contributed by atoms with E-state index in [1.54, 1.807) is 32.5 Å². The first-order valence-corrected chi connectivity index (χ1v) is 12.3. The number of methoxy groups -OCH3 is 1. The third-order valence-corrected chi connectivity index (χ3v) is 6.23. The van der Waals surface area contributed by atoms with Gasteiger partial charge in [-0.05, 0) is 54.7 Å². The Morgan fingerprint density at radius 2 is 1.80 bits per heavy atom. The molecule has 0 aliphatic rings. The highest BCUT2D eigenvalue weighted by molar-refractivity contribution is 5.98. The molecule has 0 aliphatic heterocycles. The van der Waals surface area contributed by atoms with Crippen molar-refractivity contribution >= 4 is 23.3 Å². The number of aromatic nitrogens is 1. The molecule has 4 atom stereocenters. The van der Waals surface area contributed by atoms with Gasteiger partial charge in [0.05, 0.1) is 7.11 Å². The van der Waals surface area contributed by atoms with Gasteiger partial charge in [0.15, 0.2) is 0 Å². The van der Waals surface area contributed by atoms with Crippen molar-refractivity contribution in [2.45, 2.75) is 65.1 Å². The summed E-state index contributed by atoms with van der Waals surface area (Å²) in [6.07, 6.45) is 3.29. The van der Waals surface area contributed by atoms with E-state index in [1.807, 2.05) is 44.2 Å². The lowest BCUT2D eigenvalue weighted by atomic mass is 9.94. The highest BCUT2D eigenvalue weighted by Crippen LogP contribution is 2.20. The first kappa shape index (κ1) is 28.1. The first-order valence-electron chi connectivity index (χ1n) is 12.3. The van der Waals surface area contributed by atoms with Crippen LogP contribution in [0.5, 0.6) is 5.75 Å². The zero-order valence-electron chi connectivity index (χ0n) is 21.8. The highest BCUT2D eigenvalue weighted by atomic mass is 16.5. The molecule has 0 fully saturated rings. The van der Waals surface area contributed by atoms with E-state index in [-0.39, 0.29) is 36.2 Å². The second-order valence-corrected chi connectivity index (χ2v) is 9.49. The number of carbonyl (C=O) groups excluding carboxylic acids is 2. The van der Waals surface area contributed by atoms with E-state index >= 15 is 0 Å². The molecule has 192 valence electrons. The summed E-state index contributed by atoms with van der Waals surface area (Å²) in [6.45, 7) is 8.18. The summed E-state index contributed by atoms with van der Waals surface area (Å²) in [5.74, 6) is 1.21. The molecule has 0 unspecified atom stereocenters.